The second-order valence-electron chi connectivity index (χ2n) is 6.55. The number of pyridine rings is 1. The third-order valence-corrected chi connectivity index (χ3v) is 4.56. The van der Waals surface area contributed by atoms with Crippen molar-refractivity contribution in [2.45, 2.75) is 19.5 Å². The van der Waals surface area contributed by atoms with Crippen LogP contribution in [0.1, 0.15) is 39.6 Å². The molecule has 2 heterocycles. The molecule has 1 aliphatic rings. The van der Waals surface area contributed by atoms with Crippen molar-refractivity contribution >= 4 is 23.7 Å². The first-order chi connectivity index (χ1) is 14.2. The molecule has 0 bridgehead atoms. The van der Waals surface area contributed by atoms with Crippen LogP contribution in [0.2, 0.25) is 0 Å². The fourth-order valence-corrected chi connectivity index (χ4v) is 3.13. The number of urea groups is 1. The summed E-state index contributed by atoms with van der Waals surface area (Å²) >= 11 is 0. The van der Waals surface area contributed by atoms with E-state index in [-0.39, 0.29) is 24.8 Å². The van der Waals surface area contributed by atoms with Gasteiger partial charge in [-0.1, -0.05) is 12.1 Å². The molecular weight excluding hydrogens is 401 g/mol. The third-order valence-electron chi connectivity index (χ3n) is 4.56. The van der Waals surface area contributed by atoms with Crippen LogP contribution < -0.4 is 10.2 Å². The molecule has 1 N–H and O–H groups in total. The molecule has 3 rings (SSSR count). The molecule has 0 unspecified atom stereocenters. The van der Waals surface area contributed by atoms with Gasteiger partial charge >= 0.3 is 12.2 Å². The summed E-state index contributed by atoms with van der Waals surface area (Å²) in [5.74, 6) is -1.13. The maximum Gasteiger partial charge on any atom is 0.417 e. The van der Waals surface area contributed by atoms with Crippen LogP contribution in [0.4, 0.5) is 23.8 Å². The zero-order chi connectivity index (χ0) is 21.9. The largest absolute Gasteiger partial charge is 0.417 e. The number of carbonyl (C=O) groups excluding carboxylic acids is 3. The second kappa shape index (κ2) is 8.52. The summed E-state index contributed by atoms with van der Waals surface area (Å²) in [7, 11) is 0. The van der Waals surface area contributed by atoms with E-state index in [1.807, 2.05) is 0 Å². The van der Waals surface area contributed by atoms with Crippen molar-refractivity contribution in [1.29, 1.82) is 0 Å². The quantitative estimate of drug-likeness (QED) is 0.823. The number of carbonyl (C=O) groups is 3. The number of rotatable bonds is 4. The van der Waals surface area contributed by atoms with Crippen LogP contribution in [-0.2, 0) is 6.18 Å². The van der Waals surface area contributed by atoms with Crippen LogP contribution in [-0.4, -0.2) is 47.4 Å². The molecule has 0 aliphatic carbocycles. The zero-order valence-corrected chi connectivity index (χ0v) is 16.1. The van der Waals surface area contributed by atoms with Gasteiger partial charge in [-0.15, -0.1) is 0 Å². The molecule has 0 saturated carbocycles. The van der Waals surface area contributed by atoms with Gasteiger partial charge in [0.25, 0.3) is 11.8 Å². The normalized spacial score (nSPS) is 14.6. The molecule has 0 spiro atoms. The Morgan fingerprint density at radius 1 is 1.13 bits per heavy atom. The Morgan fingerprint density at radius 2 is 1.87 bits per heavy atom. The van der Waals surface area contributed by atoms with Crippen molar-refractivity contribution in [3.05, 3.63) is 59.3 Å². The molecule has 158 valence electrons. The highest BCUT2D eigenvalue weighted by Gasteiger charge is 2.39. The summed E-state index contributed by atoms with van der Waals surface area (Å²) in [6.07, 6.45) is -3.06. The Hall–Kier alpha value is -3.43. The van der Waals surface area contributed by atoms with Crippen LogP contribution in [0.25, 0.3) is 0 Å². The van der Waals surface area contributed by atoms with Gasteiger partial charge < -0.3 is 5.32 Å². The molecule has 10 heteroatoms. The van der Waals surface area contributed by atoms with Crippen LogP contribution in [0.3, 0.4) is 0 Å². The number of nitrogens with one attached hydrogen (secondary N) is 1. The van der Waals surface area contributed by atoms with Crippen LogP contribution in [0.5, 0.6) is 0 Å². The number of benzene rings is 1. The van der Waals surface area contributed by atoms with Gasteiger partial charge in [-0.25, -0.2) is 9.78 Å². The van der Waals surface area contributed by atoms with Gasteiger partial charge in [0.1, 0.15) is 5.82 Å². The Morgan fingerprint density at radius 3 is 2.50 bits per heavy atom. The smallest absolute Gasteiger partial charge is 0.352 e. The summed E-state index contributed by atoms with van der Waals surface area (Å²) in [5, 5.41) is 2.62. The number of halogens is 3. The summed E-state index contributed by atoms with van der Waals surface area (Å²) in [6, 6.07) is 6.54. The van der Waals surface area contributed by atoms with E-state index in [9.17, 15) is 27.6 Å². The van der Waals surface area contributed by atoms with E-state index in [1.54, 1.807) is 6.92 Å². The first-order valence-corrected chi connectivity index (χ1v) is 9.28. The number of nitrogens with zero attached hydrogens (tertiary/aromatic N) is 3. The fourth-order valence-electron chi connectivity index (χ4n) is 3.13. The number of amides is 4. The number of hydrogen-bond acceptors (Lipinski definition) is 4. The highest BCUT2D eigenvalue weighted by molar-refractivity contribution is 6.09. The van der Waals surface area contributed by atoms with Gasteiger partial charge in [-0.05, 0) is 37.6 Å². The third kappa shape index (κ3) is 4.27. The Bertz CT molecular complexity index is 961. The minimum Gasteiger partial charge on any atom is -0.352 e. The van der Waals surface area contributed by atoms with E-state index < -0.39 is 29.2 Å². The lowest BCUT2D eigenvalue weighted by molar-refractivity contribution is -0.138. The highest BCUT2D eigenvalue weighted by atomic mass is 19.4. The van der Waals surface area contributed by atoms with Crippen molar-refractivity contribution < 1.29 is 27.6 Å². The first-order valence-electron chi connectivity index (χ1n) is 9.28. The molecule has 2 aromatic rings. The molecule has 1 saturated heterocycles. The van der Waals surface area contributed by atoms with Gasteiger partial charge in [0, 0.05) is 25.8 Å². The molecule has 0 radical (unpaired) electrons. The number of imide groups is 1. The van der Waals surface area contributed by atoms with E-state index in [2.05, 4.69) is 10.3 Å². The second-order valence-corrected chi connectivity index (χ2v) is 6.55. The maximum absolute atomic E-state index is 13.3. The van der Waals surface area contributed by atoms with Crippen LogP contribution in [0, 0.1) is 0 Å². The average molecular weight is 420 g/mol. The molecule has 30 heavy (non-hydrogen) atoms. The summed E-state index contributed by atoms with van der Waals surface area (Å²) in [5.41, 5.74) is -1.37. The van der Waals surface area contributed by atoms with Crippen molar-refractivity contribution in [2.75, 3.05) is 24.5 Å². The Labute approximate surface area is 170 Å². The Kier molecular flexibility index (Phi) is 6.04. The zero-order valence-electron chi connectivity index (χ0n) is 16.1. The Balaban J connectivity index is 1.84. The molecule has 4 amide bonds. The summed E-state index contributed by atoms with van der Waals surface area (Å²) in [6.45, 7) is 2.46. The van der Waals surface area contributed by atoms with E-state index >= 15 is 0 Å². The van der Waals surface area contributed by atoms with Gasteiger partial charge in [-0.2, -0.15) is 13.2 Å². The minimum atomic E-state index is -4.72. The van der Waals surface area contributed by atoms with Crippen LogP contribution >= 0.6 is 0 Å². The monoisotopic (exact) mass is 420 g/mol. The highest BCUT2D eigenvalue weighted by Crippen LogP contribution is 2.33. The number of aromatic nitrogens is 1. The fraction of sp³-hybridized carbons (Fsp3) is 0.300. The van der Waals surface area contributed by atoms with E-state index in [1.165, 1.54) is 35.4 Å². The van der Waals surface area contributed by atoms with Gasteiger partial charge in [0.2, 0.25) is 0 Å². The van der Waals surface area contributed by atoms with Crippen molar-refractivity contribution in [1.82, 2.24) is 15.2 Å². The SMILES string of the molecule is CCNC(=O)c1ccc(N2CCCN(C(=O)c3ccccc3C(F)(F)F)C2=O)nc1. The standard InChI is InChI=1S/C20H19F3N4O3/c1-2-24-17(28)13-8-9-16(25-12-13)26-10-5-11-27(19(26)30)18(29)14-6-3-4-7-15(14)20(21,22)23/h3-4,6-9,12H,2,5,10-11H2,1H3,(H,24,28). The predicted molar refractivity (Wildman–Crippen MR) is 102 cm³/mol. The molecule has 1 aromatic heterocycles. The molecular formula is C20H19F3N4O3. The number of alkyl halides is 3. The summed E-state index contributed by atoms with van der Waals surface area (Å²) < 4.78 is 39.8. The van der Waals surface area contributed by atoms with Crippen molar-refractivity contribution in [3.8, 4) is 0 Å². The molecule has 1 aliphatic heterocycles. The lowest BCUT2D eigenvalue weighted by Crippen LogP contribution is -2.52. The maximum atomic E-state index is 13.3. The molecule has 1 aromatic carbocycles. The van der Waals surface area contributed by atoms with Gasteiger partial charge in [0.15, 0.2) is 0 Å². The van der Waals surface area contributed by atoms with Gasteiger partial charge in [-0.3, -0.25) is 19.4 Å². The summed E-state index contributed by atoms with van der Waals surface area (Å²) in [4.78, 5) is 43.6. The lowest BCUT2D eigenvalue weighted by Gasteiger charge is -2.34. The number of anilines is 1. The van der Waals surface area contributed by atoms with Crippen molar-refractivity contribution in [2.24, 2.45) is 0 Å². The van der Waals surface area contributed by atoms with E-state index in [0.29, 0.717) is 18.5 Å². The predicted octanol–water partition coefficient (Wildman–Crippen LogP) is 3.32. The van der Waals surface area contributed by atoms with Crippen LogP contribution in [0.15, 0.2) is 42.6 Å². The lowest BCUT2D eigenvalue weighted by atomic mass is 10.1. The average Bonchev–Trinajstić information content (AvgIpc) is 2.73. The topological polar surface area (TPSA) is 82.6 Å². The van der Waals surface area contributed by atoms with E-state index in [4.69, 9.17) is 0 Å². The molecule has 1 fully saturated rings. The molecule has 0 atom stereocenters. The van der Waals surface area contributed by atoms with Crippen molar-refractivity contribution in [3.63, 3.8) is 0 Å². The first kappa shape index (κ1) is 21.3. The van der Waals surface area contributed by atoms with Gasteiger partial charge in [0.05, 0.1) is 16.7 Å². The van der Waals surface area contributed by atoms with E-state index in [0.717, 1.165) is 17.0 Å². The molecule has 7 nitrogen and oxygen atoms in total. The number of hydrogen-bond donors (Lipinski definition) is 1. The minimum absolute atomic E-state index is 0.00263.